The maximum Gasteiger partial charge on any atom is 0.410 e. The van der Waals surface area contributed by atoms with E-state index in [1.54, 1.807) is 13.1 Å². The zero-order valence-electron chi connectivity index (χ0n) is 10.2. The molecule has 0 spiro atoms. The first-order valence-electron chi connectivity index (χ1n) is 4.97. The Morgan fingerprint density at radius 3 is 2.40 bits per heavy atom. The van der Waals surface area contributed by atoms with Crippen molar-refractivity contribution in [3.63, 3.8) is 0 Å². The molecule has 0 atom stereocenters. The maximum atomic E-state index is 11.5. The molecule has 0 fully saturated rings. The normalized spacial score (nSPS) is 12.5. The molecule has 0 saturated carbocycles. The summed E-state index contributed by atoms with van der Waals surface area (Å²) in [5.74, 6) is 0. The van der Waals surface area contributed by atoms with Gasteiger partial charge in [-0.25, -0.2) is 4.79 Å². The van der Waals surface area contributed by atoms with Crippen molar-refractivity contribution in [2.24, 2.45) is 0 Å². The van der Waals surface area contributed by atoms with Gasteiger partial charge in [-0.05, 0) is 27.7 Å². The van der Waals surface area contributed by atoms with E-state index in [4.69, 9.17) is 9.84 Å². The van der Waals surface area contributed by atoms with E-state index in [0.717, 1.165) is 5.57 Å². The maximum absolute atomic E-state index is 11.5. The van der Waals surface area contributed by atoms with E-state index in [9.17, 15) is 4.79 Å². The first-order valence-corrected chi connectivity index (χ1v) is 4.97. The first-order chi connectivity index (χ1) is 6.76. The van der Waals surface area contributed by atoms with Gasteiger partial charge in [0, 0.05) is 13.6 Å². The van der Waals surface area contributed by atoms with E-state index in [1.807, 2.05) is 27.7 Å². The summed E-state index contributed by atoms with van der Waals surface area (Å²) >= 11 is 0. The number of carbonyl (C=O) groups excluding carboxylic acids is 1. The topological polar surface area (TPSA) is 49.8 Å². The number of ether oxygens (including phenoxy) is 1. The second-order valence-electron chi connectivity index (χ2n) is 4.57. The van der Waals surface area contributed by atoms with Gasteiger partial charge in [-0.1, -0.05) is 11.6 Å². The Bertz CT molecular complexity index is 241. The van der Waals surface area contributed by atoms with Crippen LogP contribution in [0.5, 0.6) is 0 Å². The molecule has 0 rings (SSSR count). The molecule has 88 valence electrons. The monoisotopic (exact) mass is 215 g/mol. The van der Waals surface area contributed by atoms with Crippen LogP contribution in [0.2, 0.25) is 0 Å². The predicted octanol–water partition coefficient (Wildman–Crippen LogP) is 1.79. The largest absolute Gasteiger partial charge is 0.444 e. The van der Waals surface area contributed by atoms with Gasteiger partial charge in [-0.3, -0.25) is 0 Å². The number of nitrogens with zero attached hydrogens (tertiary/aromatic N) is 1. The van der Waals surface area contributed by atoms with Crippen molar-refractivity contribution in [3.05, 3.63) is 11.6 Å². The Morgan fingerprint density at radius 2 is 2.00 bits per heavy atom. The Hall–Kier alpha value is -1.03. The van der Waals surface area contributed by atoms with Crippen LogP contribution >= 0.6 is 0 Å². The molecule has 0 aliphatic carbocycles. The highest BCUT2D eigenvalue weighted by molar-refractivity contribution is 5.67. The van der Waals surface area contributed by atoms with Crippen molar-refractivity contribution >= 4 is 6.09 Å². The van der Waals surface area contributed by atoms with Crippen LogP contribution in [-0.2, 0) is 4.74 Å². The Balaban J connectivity index is 4.11. The van der Waals surface area contributed by atoms with Crippen molar-refractivity contribution in [1.82, 2.24) is 4.90 Å². The summed E-state index contributed by atoms with van der Waals surface area (Å²) in [6, 6.07) is 0. The van der Waals surface area contributed by atoms with Gasteiger partial charge < -0.3 is 14.7 Å². The van der Waals surface area contributed by atoms with Crippen molar-refractivity contribution in [3.8, 4) is 0 Å². The van der Waals surface area contributed by atoms with Crippen LogP contribution < -0.4 is 0 Å². The molecule has 4 nitrogen and oxygen atoms in total. The average molecular weight is 215 g/mol. The van der Waals surface area contributed by atoms with Crippen LogP contribution in [0.1, 0.15) is 27.7 Å². The molecule has 0 aliphatic heterocycles. The summed E-state index contributed by atoms with van der Waals surface area (Å²) in [6.07, 6.45) is 1.44. The van der Waals surface area contributed by atoms with Gasteiger partial charge in [0.15, 0.2) is 0 Å². The lowest BCUT2D eigenvalue weighted by molar-refractivity contribution is 0.0317. The summed E-state index contributed by atoms with van der Waals surface area (Å²) in [4.78, 5) is 12.9. The average Bonchev–Trinajstić information content (AvgIpc) is 2.10. The number of amides is 1. The minimum Gasteiger partial charge on any atom is -0.444 e. The summed E-state index contributed by atoms with van der Waals surface area (Å²) in [5.41, 5.74) is 0.367. The van der Waals surface area contributed by atoms with Crippen LogP contribution in [0.25, 0.3) is 0 Å². The van der Waals surface area contributed by atoms with Crippen LogP contribution in [-0.4, -0.2) is 41.9 Å². The van der Waals surface area contributed by atoms with Gasteiger partial charge >= 0.3 is 6.09 Å². The Morgan fingerprint density at radius 1 is 1.47 bits per heavy atom. The molecule has 0 bridgehead atoms. The van der Waals surface area contributed by atoms with Gasteiger partial charge in [0.1, 0.15) is 5.60 Å². The number of hydrogen-bond acceptors (Lipinski definition) is 3. The third kappa shape index (κ3) is 6.96. The molecule has 4 heteroatoms. The van der Waals surface area contributed by atoms with E-state index >= 15 is 0 Å². The molecule has 0 heterocycles. The third-order valence-electron chi connectivity index (χ3n) is 1.67. The lowest BCUT2D eigenvalue weighted by Gasteiger charge is -2.24. The van der Waals surface area contributed by atoms with Crippen molar-refractivity contribution < 1.29 is 14.6 Å². The molecule has 0 unspecified atom stereocenters. The van der Waals surface area contributed by atoms with Gasteiger partial charge in [0.2, 0.25) is 0 Å². The lowest BCUT2D eigenvalue weighted by atomic mass is 10.2. The van der Waals surface area contributed by atoms with E-state index in [1.165, 1.54) is 4.90 Å². The number of rotatable bonds is 3. The third-order valence-corrected chi connectivity index (χ3v) is 1.67. The van der Waals surface area contributed by atoms with Crippen molar-refractivity contribution in [2.45, 2.75) is 33.3 Å². The molecule has 0 aromatic carbocycles. The Labute approximate surface area is 91.5 Å². The zero-order valence-corrected chi connectivity index (χ0v) is 10.2. The second kappa shape index (κ2) is 5.75. The molecule has 0 aliphatic rings. The van der Waals surface area contributed by atoms with E-state index < -0.39 is 5.60 Å². The number of aliphatic hydroxyl groups excluding tert-OH is 1. The molecule has 0 aromatic rings. The SMILES string of the molecule is C/C(=C/CN(C)C(=O)OC(C)(C)C)CO. The quantitative estimate of drug-likeness (QED) is 0.730. The molecule has 0 aromatic heterocycles. The van der Waals surface area contributed by atoms with Crippen LogP contribution in [0.4, 0.5) is 4.79 Å². The fourth-order valence-electron chi connectivity index (χ4n) is 0.772. The molecule has 15 heavy (non-hydrogen) atoms. The molecule has 1 amide bonds. The molecular weight excluding hydrogens is 194 g/mol. The fourth-order valence-corrected chi connectivity index (χ4v) is 0.772. The second-order valence-corrected chi connectivity index (χ2v) is 4.57. The van der Waals surface area contributed by atoms with Crippen LogP contribution in [0.15, 0.2) is 11.6 Å². The number of carbonyl (C=O) groups is 1. The number of hydrogen-bond donors (Lipinski definition) is 1. The molecular formula is C11H21NO3. The zero-order chi connectivity index (χ0) is 12.1. The predicted molar refractivity (Wildman–Crippen MR) is 59.7 cm³/mol. The highest BCUT2D eigenvalue weighted by Crippen LogP contribution is 2.09. The minimum atomic E-state index is -0.471. The minimum absolute atomic E-state index is 0.0160. The molecule has 1 N–H and O–H groups in total. The van der Waals surface area contributed by atoms with Gasteiger partial charge in [0.25, 0.3) is 0 Å². The van der Waals surface area contributed by atoms with E-state index in [2.05, 4.69) is 0 Å². The van der Waals surface area contributed by atoms with Crippen LogP contribution in [0.3, 0.4) is 0 Å². The lowest BCUT2D eigenvalue weighted by Crippen LogP contribution is -2.34. The number of likely N-dealkylation sites (N-methyl/N-ethyl adjacent to an activating group) is 1. The van der Waals surface area contributed by atoms with E-state index in [-0.39, 0.29) is 12.7 Å². The van der Waals surface area contributed by atoms with Gasteiger partial charge in [0.05, 0.1) is 6.61 Å². The molecule has 0 saturated heterocycles. The first kappa shape index (κ1) is 14.0. The van der Waals surface area contributed by atoms with Crippen molar-refractivity contribution in [2.75, 3.05) is 20.2 Å². The van der Waals surface area contributed by atoms with Gasteiger partial charge in [-0.15, -0.1) is 0 Å². The van der Waals surface area contributed by atoms with E-state index in [0.29, 0.717) is 6.54 Å². The number of aliphatic hydroxyl groups is 1. The smallest absolute Gasteiger partial charge is 0.410 e. The fraction of sp³-hybridized carbons (Fsp3) is 0.727. The summed E-state index contributed by atoms with van der Waals surface area (Å²) in [7, 11) is 1.66. The van der Waals surface area contributed by atoms with Gasteiger partial charge in [-0.2, -0.15) is 0 Å². The van der Waals surface area contributed by atoms with Crippen molar-refractivity contribution in [1.29, 1.82) is 0 Å². The highest BCUT2D eigenvalue weighted by atomic mass is 16.6. The highest BCUT2D eigenvalue weighted by Gasteiger charge is 2.18. The molecule has 0 radical (unpaired) electrons. The summed E-state index contributed by atoms with van der Waals surface area (Å²) < 4.78 is 5.16. The standard InChI is InChI=1S/C11H21NO3/c1-9(8-13)6-7-12(5)10(14)15-11(2,3)4/h6,13H,7-8H2,1-5H3/b9-6-. The summed E-state index contributed by atoms with van der Waals surface area (Å²) in [6.45, 7) is 7.75. The summed E-state index contributed by atoms with van der Waals surface area (Å²) in [5, 5.41) is 8.77. The Kier molecular flexibility index (Phi) is 5.36. The van der Waals surface area contributed by atoms with Crippen LogP contribution in [0, 0.1) is 0 Å².